The molecule has 8 heteroatoms. The van der Waals surface area contributed by atoms with E-state index < -0.39 is 19.0 Å². The summed E-state index contributed by atoms with van der Waals surface area (Å²) in [6.07, 6.45) is 1.48. The highest BCUT2D eigenvalue weighted by atomic mass is 19.1. The first-order chi connectivity index (χ1) is 9.21. The molecule has 0 saturated carbocycles. The van der Waals surface area contributed by atoms with Gasteiger partial charge in [-0.05, 0) is 6.92 Å². The van der Waals surface area contributed by atoms with Gasteiger partial charge in [0, 0.05) is 0 Å². The van der Waals surface area contributed by atoms with E-state index in [9.17, 15) is 4.39 Å². The maximum Gasteiger partial charge on any atom is 0.245 e. The highest BCUT2D eigenvalue weighted by molar-refractivity contribution is 5.75. The Morgan fingerprint density at radius 1 is 1.42 bits per heavy atom. The van der Waals surface area contributed by atoms with Gasteiger partial charge in [-0.25, -0.2) is 14.4 Å². The van der Waals surface area contributed by atoms with Gasteiger partial charge in [0.1, 0.15) is 25.3 Å². The van der Waals surface area contributed by atoms with Crippen LogP contribution in [0, 0.1) is 0 Å². The van der Waals surface area contributed by atoms with Gasteiger partial charge in [-0.3, -0.25) is 4.57 Å². The number of nitrogens with zero attached hydrogens (tertiary/aromatic N) is 4. The fraction of sp³-hybridized carbons (Fsp3) is 0.545. The fourth-order valence-electron chi connectivity index (χ4n) is 1.72. The Morgan fingerprint density at radius 2 is 2.21 bits per heavy atom. The van der Waals surface area contributed by atoms with Crippen molar-refractivity contribution in [3.63, 3.8) is 0 Å². The molecule has 0 aromatic carbocycles. The molecule has 2 unspecified atom stereocenters. The van der Waals surface area contributed by atoms with Crippen molar-refractivity contribution in [2.75, 3.05) is 20.4 Å². The molecule has 2 aromatic rings. The van der Waals surface area contributed by atoms with E-state index in [1.807, 2.05) is 0 Å². The number of methoxy groups -OCH3 is 1. The second kappa shape index (κ2) is 5.89. The van der Waals surface area contributed by atoms with Gasteiger partial charge < -0.3 is 14.6 Å². The van der Waals surface area contributed by atoms with E-state index in [0.29, 0.717) is 17.0 Å². The van der Waals surface area contributed by atoms with Gasteiger partial charge in [-0.15, -0.1) is 0 Å². The third-order valence-corrected chi connectivity index (χ3v) is 2.68. The Hall–Kier alpha value is -1.80. The van der Waals surface area contributed by atoms with Crippen LogP contribution in [-0.4, -0.2) is 51.1 Å². The lowest BCUT2D eigenvalue weighted by atomic mass is 10.4. The monoisotopic (exact) mass is 270 g/mol. The molecule has 2 rings (SSSR count). The first-order valence-electron chi connectivity index (χ1n) is 5.75. The molecule has 0 aliphatic carbocycles. The number of imidazole rings is 1. The maximum atomic E-state index is 12.5. The Labute approximate surface area is 109 Å². The molecule has 0 aliphatic heterocycles. The lowest BCUT2D eigenvalue weighted by molar-refractivity contribution is -0.0722. The van der Waals surface area contributed by atoms with Crippen molar-refractivity contribution in [1.82, 2.24) is 19.5 Å². The molecule has 1 N–H and O–H groups in total. The Kier molecular flexibility index (Phi) is 4.23. The van der Waals surface area contributed by atoms with Crippen molar-refractivity contribution < 1.29 is 19.0 Å². The third-order valence-electron chi connectivity index (χ3n) is 2.68. The van der Waals surface area contributed by atoms with Crippen LogP contribution in [0.25, 0.3) is 11.2 Å². The zero-order valence-electron chi connectivity index (χ0n) is 10.7. The van der Waals surface area contributed by atoms with E-state index in [0.717, 1.165) is 0 Å². The van der Waals surface area contributed by atoms with E-state index >= 15 is 0 Å². The first kappa shape index (κ1) is 13.6. The van der Waals surface area contributed by atoms with E-state index in [4.69, 9.17) is 14.6 Å². The number of hydrogen-bond acceptors (Lipinski definition) is 6. The fourth-order valence-corrected chi connectivity index (χ4v) is 1.72. The molecule has 19 heavy (non-hydrogen) atoms. The summed E-state index contributed by atoms with van der Waals surface area (Å²) in [5, 5.41) is 8.93. The quantitative estimate of drug-likeness (QED) is 0.832. The number of rotatable bonds is 6. The minimum Gasteiger partial charge on any atom is -0.479 e. The number of halogens is 1. The molecule has 7 nitrogen and oxygen atoms in total. The van der Waals surface area contributed by atoms with E-state index in [1.165, 1.54) is 19.8 Å². The number of aliphatic hydroxyl groups is 1. The van der Waals surface area contributed by atoms with Gasteiger partial charge in [-0.2, -0.15) is 4.98 Å². The molecule has 0 amide bonds. The molecule has 2 heterocycles. The lowest BCUT2D eigenvalue weighted by Gasteiger charge is -2.19. The van der Waals surface area contributed by atoms with Crippen molar-refractivity contribution >= 4 is 11.2 Å². The van der Waals surface area contributed by atoms with Crippen molar-refractivity contribution in [3.8, 4) is 5.88 Å². The summed E-state index contributed by atoms with van der Waals surface area (Å²) in [6, 6.07) is 0. The van der Waals surface area contributed by atoms with Crippen LogP contribution in [0.5, 0.6) is 5.88 Å². The van der Waals surface area contributed by atoms with Crippen LogP contribution >= 0.6 is 0 Å². The van der Waals surface area contributed by atoms with Crippen molar-refractivity contribution in [2.45, 2.75) is 19.3 Å². The molecule has 0 radical (unpaired) electrons. The van der Waals surface area contributed by atoms with Crippen LogP contribution in [0.15, 0.2) is 12.7 Å². The van der Waals surface area contributed by atoms with E-state index in [1.54, 1.807) is 11.5 Å². The first-order valence-corrected chi connectivity index (χ1v) is 5.75. The number of aliphatic hydroxyl groups excluding tert-OH is 1. The minimum absolute atomic E-state index is 0.361. The van der Waals surface area contributed by atoms with Gasteiger partial charge in [-0.1, -0.05) is 0 Å². The van der Waals surface area contributed by atoms with Gasteiger partial charge in [0.15, 0.2) is 11.2 Å². The highest BCUT2D eigenvalue weighted by Crippen LogP contribution is 2.22. The predicted molar refractivity (Wildman–Crippen MR) is 64.5 cm³/mol. The number of ether oxygens (including phenoxy) is 2. The second-order valence-corrected chi connectivity index (χ2v) is 3.90. The van der Waals surface area contributed by atoms with Gasteiger partial charge >= 0.3 is 0 Å². The van der Waals surface area contributed by atoms with Crippen molar-refractivity contribution in [2.24, 2.45) is 0 Å². The zero-order valence-corrected chi connectivity index (χ0v) is 10.7. The SMILES string of the molecule is COc1ncnc2c1ncn2C(C)OC(CO)CF. The third kappa shape index (κ3) is 2.64. The molecule has 0 aliphatic rings. The topological polar surface area (TPSA) is 82.3 Å². The molecule has 0 spiro atoms. The van der Waals surface area contributed by atoms with Crippen LogP contribution in [-0.2, 0) is 4.74 Å². The number of aromatic nitrogens is 4. The summed E-state index contributed by atoms with van der Waals surface area (Å²) in [5.41, 5.74) is 1.02. The van der Waals surface area contributed by atoms with E-state index in [-0.39, 0.29) is 6.61 Å². The minimum atomic E-state index is -0.865. The highest BCUT2D eigenvalue weighted by Gasteiger charge is 2.18. The van der Waals surface area contributed by atoms with Crippen LogP contribution in [0.3, 0.4) is 0 Å². The Bertz CT molecular complexity index is 544. The largest absolute Gasteiger partial charge is 0.479 e. The summed E-state index contributed by atoms with van der Waals surface area (Å²) >= 11 is 0. The molecule has 0 saturated heterocycles. The van der Waals surface area contributed by atoms with Crippen molar-refractivity contribution in [3.05, 3.63) is 12.7 Å². The van der Waals surface area contributed by atoms with Crippen LogP contribution < -0.4 is 4.74 Å². The average molecular weight is 270 g/mol. The zero-order chi connectivity index (χ0) is 13.8. The second-order valence-electron chi connectivity index (χ2n) is 3.90. The smallest absolute Gasteiger partial charge is 0.245 e. The maximum absolute atomic E-state index is 12.5. The summed E-state index contributed by atoms with van der Waals surface area (Å²) in [5.74, 6) is 0.361. The van der Waals surface area contributed by atoms with E-state index in [2.05, 4.69) is 15.0 Å². The number of fused-ring (bicyclic) bond motifs is 1. The molecule has 0 bridgehead atoms. The summed E-state index contributed by atoms with van der Waals surface area (Å²) < 4.78 is 24.6. The standard InChI is InChI=1S/C11H15FN4O3/c1-7(19-8(3-12)4-17)16-6-15-9-10(16)13-5-14-11(9)18-2/h5-8,17H,3-4H2,1-2H3. The summed E-state index contributed by atoms with van der Waals surface area (Å²) in [6.45, 7) is 0.575. The van der Waals surface area contributed by atoms with Crippen molar-refractivity contribution in [1.29, 1.82) is 0 Å². The molecule has 0 fully saturated rings. The molecule has 2 aromatic heterocycles. The Morgan fingerprint density at radius 3 is 2.84 bits per heavy atom. The predicted octanol–water partition coefficient (Wildman–Crippen LogP) is 0.700. The summed E-state index contributed by atoms with van der Waals surface area (Å²) in [7, 11) is 1.49. The Balaban J connectivity index is 2.30. The van der Waals surface area contributed by atoms with Gasteiger partial charge in [0.25, 0.3) is 0 Å². The molecule has 104 valence electrons. The normalized spacial score (nSPS) is 14.5. The molecular weight excluding hydrogens is 255 g/mol. The van der Waals surface area contributed by atoms with Gasteiger partial charge in [0.05, 0.1) is 20.0 Å². The van der Waals surface area contributed by atoms with Crippen LogP contribution in [0.4, 0.5) is 4.39 Å². The lowest BCUT2D eigenvalue weighted by Crippen LogP contribution is -2.24. The average Bonchev–Trinajstić information content (AvgIpc) is 2.88. The van der Waals surface area contributed by atoms with Gasteiger partial charge in [0.2, 0.25) is 5.88 Å². The summed E-state index contributed by atoms with van der Waals surface area (Å²) in [4.78, 5) is 12.2. The number of alkyl halides is 1. The van der Waals surface area contributed by atoms with Crippen LogP contribution in [0.2, 0.25) is 0 Å². The number of hydrogen-bond donors (Lipinski definition) is 1. The molecular formula is C11H15FN4O3. The molecule has 2 atom stereocenters. The van der Waals surface area contributed by atoms with Crippen LogP contribution in [0.1, 0.15) is 13.2 Å².